The molecule has 1 atom stereocenters. The standard InChI is InChI=1S/C20H23N3O3S/c1-12-6-5-7-16(10-12)19(25)21-20(27)23-22-18(24)15(4)26-17-9-8-13(2)14(3)11-17/h5-11,15H,1-4H3,(H,22,24)(H2,21,23,25,27). The molecule has 0 aliphatic carbocycles. The topological polar surface area (TPSA) is 79.5 Å². The molecule has 142 valence electrons. The molecule has 27 heavy (non-hydrogen) atoms. The van der Waals surface area contributed by atoms with Crippen molar-refractivity contribution in [1.82, 2.24) is 16.2 Å². The predicted molar refractivity (Wildman–Crippen MR) is 109 cm³/mol. The number of amides is 2. The van der Waals surface area contributed by atoms with Crippen molar-refractivity contribution in [2.45, 2.75) is 33.8 Å². The second-order valence-corrected chi connectivity index (χ2v) is 6.68. The van der Waals surface area contributed by atoms with E-state index in [0.717, 1.165) is 16.7 Å². The highest BCUT2D eigenvalue weighted by Crippen LogP contribution is 2.17. The SMILES string of the molecule is Cc1cccc(C(=O)NC(=S)NNC(=O)C(C)Oc2ccc(C)c(C)c2)c1. The quantitative estimate of drug-likeness (QED) is 0.557. The Kier molecular flexibility index (Phi) is 6.90. The summed E-state index contributed by atoms with van der Waals surface area (Å²) in [4.78, 5) is 24.2. The van der Waals surface area contributed by atoms with Crippen LogP contribution in [-0.2, 0) is 4.79 Å². The van der Waals surface area contributed by atoms with Crippen LogP contribution in [-0.4, -0.2) is 23.0 Å². The molecule has 0 radical (unpaired) electrons. The van der Waals surface area contributed by atoms with Crippen LogP contribution in [0.2, 0.25) is 0 Å². The van der Waals surface area contributed by atoms with E-state index in [4.69, 9.17) is 17.0 Å². The number of thiocarbonyl (C=S) groups is 1. The molecule has 0 saturated heterocycles. The first-order chi connectivity index (χ1) is 12.8. The number of aryl methyl sites for hydroxylation is 3. The lowest BCUT2D eigenvalue weighted by atomic mass is 10.1. The summed E-state index contributed by atoms with van der Waals surface area (Å²) in [5, 5.41) is 2.50. The van der Waals surface area contributed by atoms with Crippen LogP contribution in [0.25, 0.3) is 0 Å². The fraction of sp³-hybridized carbons (Fsp3) is 0.250. The molecule has 0 saturated carbocycles. The van der Waals surface area contributed by atoms with Crippen LogP contribution in [0, 0.1) is 20.8 Å². The van der Waals surface area contributed by atoms with Gasteiger partial charge in [-0.25, -0.2) is 0 Å². The number of hydrazine groups is 1. The molecular weight excluding hydrogens is 362 g/mol. The lowest BCUT2D eigenvalue weighted by Gasteiger charge is -2.17. The zero-order chi connectivity index (χ0) is 20.0. The van der Waals surface area contributed by atoms with Gasteiger partial charge in [-0.3, -0.25) is 25.8 Å². The van der Waals surface area contributed by atoms with E-state index in [1.165, 1.54) is 0 Å². The molecule has 3 N–H and O–H groups in total. The van der Waals surface area contributed by atoms with Crippen LogP contribution >= 0.6 is 12.2 Å². The maximum atomic E-state index is 12.1. The molecule has 0 aromatic heterocycles. The molecule has 2 rings (SSSR count). The number of nitrogens with one attached hydrogen (secondary N) is 3. The molecule has 6 nitrogen and oxygen atoms in total. The first kappa shape index (κ1) is 20.4. The summed E-state index contributed by atoms with van der Waals surface area (Å²) in [6.45, 7) is 7.50. The molecule has 0 heterocycles. The van der Waals surface area contributed by atoms with E-state index in [1.807, 2.05) is 45.0 Å². The average Bonchev–Trinajstić information content (AvgIpc) is 2.62. The summed E-state index contributed by atoms with van der Waals surface area (Å²) >= 11 is 5.03. The minimum absolute atomic E-state index is 0.00626. The fourth-order valence-corrected chi connectivity index (χ4v) is 2.40. The van der Waals surface area contributed by atoms with Crippen molar-refractivity contribution < 1.29 is 14.3 Å². The minimum atomic E-state index is -0.741. The van der Waals surface area contributed by atoms with E-state index >= 15 is 0 Å². The van der Waals surface area contributed by atoms with E-state index < -0.39 is 12.0 Å². The highest BCUT2D eigenvalue weighted by Gasteiger charge is 2.16. The summed E-state index contributed by atoms with van der Waals surface area (Å²) in [6.07, 6.45) is -0.741. The van der Waals surface area contributed by atoms with Crippen LogP contribution in [0.5, 0.6) is 5.75 Å². The van der Waals surface area contributed by atoms with Gasteiger partial charge in [0.15, 0.2) is 11.2 Å². The van der Waals surface area contributed by atoms with Crippen LogP contribution in [0.4, 0.5) is 0 Å². The molecule has 0 aliphatic heterocycles. The van der Waals surface area contributed by atoms with Gasteiger partial charge >= 0.3 is 0 Å². The van der Waals surface area contributed by atoms with Crippen LogP contribution in [0.3, 0.4) is 0 Å². The van der Waals surface area contributed by atoms with Crippen molar-refractivity contribution in [2.75, 3.05) is 0 Å². The predicted octanol–water partition coefficient (Wildman–Crippen LogP) is 2.71. The van der Waals surface area contributed by atoms with Crippen molar-refractivity contribution in [2.24, 2.45) is 0 Å². The Labute approximate surface area is 164 Å². The summed E-state index contributed by atoms with van der Waals surface area (Å²) in [5.74, 6) is -0.165. The van der Waals surface area contributed by atoms with Crippen molar-refractivity contribution >= 4 is 29.1 Å². The largest absolute Gasteiger partial charge is 0.481 e. The van der Waals surface area contributed by atoms with Gasteiger partial charge in [-0.05, 0) is 75.3 Å². The van der Waals surface area contributed by atoms with Crippen molar-refractivity contribution in [3.63, 3.8) is 0 Å². The highest BCUT2D eigenvalue weighted by molar-refractivity contribution is 7.80. The van der Waals surface area contributed by atoms with Crippen LogP contribution < -0.4 is 20.9 Å². The average molecular weight is 385 g/mol. The van der Waals surface area contributed by atoms with Gasteiger partial charge in [0.05, 0.1) is 0 Å². The first-order valence-corrected chi connectivity index (χ1v) is 8.89. The number of hydrogen-bond donors (Lipinski definition) is 3. The normalized spacial score (nSPS) is 11.3. The van der Waals surface area contributed by atoms with Crippen LogP contribution in [0.15, 0.2) is 42.5 Å². The summed E-state index contributed by atoms with van der Waals surface area (Å²) < 4.78 is 5.63. The van der Waals surface area contributed by atoms with Gasteiger partial charge < -0.3 is 4.74 Å². The lowest BCUT2D eigenvalue weighted by Crippen LogP contribution is -2.51. The monoisotopic (exact) mass is 385 g/mol. The zero-order valence-electron chi connectivity index (χ0n) is 15.8. The molecule has 2 aromatic rings. The summed E-state index contributed by atoms with van der Waals surface area (Å²) in [7, 11) is 0. The first-order valence-electron chi connectivity index (χ1n) is 8.48. The van der Waals surface area contributed by atoms with Gasteiger partial charge in [-0.1, -0.05) is 23.8 Å². The van der Waals surface area contributed by atoms with Gasteiger partial charge in [0.1, 0.15) is 5.75 Å². The number of carbonyl (C=O) groups excluding carboxylic acids is 2. The van der Waals surface area contributed by atoms with Crippen molar-refractivity contribution in [1.29, 1.82) is 0 Å². The molecule has 2 amide bonds. The molecule has 0 spiro atoms. The van der Waals surface area contributed by atoms with Gasteiger partial charge in [-0.15, -0.1) is 0 Å². The second kappa shape index (κ2) is 9.14. The van der Waals surface area contributed by atoms with E-state index in [2.05, 4.69) is 16.2 Å². The molecule has 1 unspecified atom stereocenters. The lowest BCUT2D eigenvalue weighted by molar-refractivity contribution is -0.127. The maximum Gasteiger partial charge on any atom is 0.279 e. The number of hydrogen-bond acceptors (Lipinski definition) is 4. The van der Waals surface area contributed by atoms with Crippen molar-refractivity contribution in [3.8, 4) is 5.75 Å². The smallest absolute Gasteiger partial charge is 0.279 e. The Morgan fingerprint density at radius 1 is 1.00 bits per heavy atom. The summed E-state index contributed by atoms with van der Waals surface area (Å²) in [5.41, 5.74) is 8.61. The van der Waals surface area contributed by atoms with Crippen LogP contribution in [0.1, 0.15) is 34.0 Å². The van der Waals surface area contributed by atoms with Gasteiger partial charge in [-0.2, -0.15) is 0 Å². The molecule has 2 aromatic carbocycles. The number of carbonyl (C=O) groups is 2. The fourth-order valence-electron chi connectivity index (χ4n) is 2.26. The Bertz CT molecular complexity index is 867. The minimum Gasteiger partial charge on any atom is -0.481 e. The molecule has 0 fully saturated rings. The van der Waals surface area contributed by atoms with E-state index in [0.29, 0.717) is 11.3 Å². The van der Waals surface area contributed by atoms with E-state index in [1.54, 1.807) is 25.1 Å². The third-order valence-electron chi connectivity index (χ3n) is 3.97. The van der Waals surface area contributed by atoms with Gasteiger partial charge in [0.2, 0.25) is 0 Å². The van der Waals surface area contributed by atoms with Crippen molar-refractivity contribution in [3.05, 3.63) is 64.7 Å². The maximum absolute atomic E-state index is 12.1. The Morgan fingerprint density at radius 2 is 1.74 bits per heavy atom. The Hall–Kier alpha value is -2.93. The van der Waals surface area contributed by atoms with E-state index in [-0.39, 0.29) is 11.0 Å². The van der Waals surface area contributed by atoms with E-state index in [9.17, 15) is 9.59 Å². The zero-order valence-corrected chi connectivity index (χ0v) is 16.6. The Balaban J connectivity index is 1.82. The van der Waals surface area contributed by atoms with Gasteiger partial charge in [0, 0.05) is 5.56 Å². The third-order valence-corrected chi connectivity index (χ3v) is 4.17. The number of rotatable bonds is 4. The highest BCUT2D eigenvalue weighted by atomic mass is 32.1. The second-order valence-electron chi connectivity index (χ2n) is 6.27. The third kappa shape index (κ3) is 6.07. The molecular formula is C20H23N3O3S. The molecule has 0 aliphatic rings. The summed E-state index contributed by atoms with van der Waals surface area (Å²) in [6, 6.07) is 12.7. The molecule has 0 bridgehead atoms. The number of ether oxygens (including phenoxy) is 1. The Morgan fingerprint density at radius 3 is 2.41 bits per heavy atom. The number of benzene rings is 2. The molecule has 7 heteroatoms. The van der Waals surface area contributed by atoms with Gasteiger partial charge in [0.25, 0.3) is 11.8 Å².